The molecule has 0 N–H and O–H groups in total. The zero-order valence-electron chi connectivity index (χ0n) is 14.5. The maximum Gasteiger partial charge on any atom is 0.130 e. The van der Waals surface area contributed by atoms with Gasteiger partial charge in [-0.05, 0) is 43.5 Å². The van der Waals surface area contributed by atoms with Gasteiger partial charge in [-0.25, -0.2) is 0 Å². The molecule has 2 nitrogen and oxygen atoms in total. The molecule has 0 fully saturated rings. The third-order valence-electron chi connectivity index (χ3n) is 4.50. The minimum absolute atomic E-state index is 0.233. The van der Waals surface area contributed by atoms with E-state index in [1.54, 1.807) is 6.92 Å². The molecule has 0 amide bonds. The molecule has 3 rings (SSSR count). The Morgan fingerprint density at radius 2 is 1.75 bits per heavy atom. The van der Waals surface area contributed by atoms with Crippen molar-refractivity contribution in [2.24, 2.45) is 7.05 Å². The van der Waals surface area contributed by atoms with Gasteiger partial charge in [-0.2, -0.15) is 0 Å². The summed E-state index contributed by atoms with van der Waals surface area (Å²) in [5, 5.41) is 1.24. The van der Waals surface area contributed by atoms with Crippen molar-refractivity contribution in [3.63, 3.8) is 0 Å². The highest BCUT2D eigenvalue weighted by atomic mass is 16.1. The zero-order chi connectivity index (χ0) is 17.1. The number of Topliss-reactive ketones (excluding diaryl/α,β-unsaturated/α-hetero) is 1. The highest BCUT2D eigenvalue weighted by Crippen LogP contribution is 2.28. The quantitative estimate of drug-likeness (QED) is 0.635. The Hall–Kier alpha value is -2.61. The number of carbonyl (C=O) groups is 1. The van der Waals surface area contributed by atoms with E-state index >= 15 is 0 Å². The van der Waals surface area contributed by atoms with Crippen LogP contribution in [0.2, 0.25) is 0 Å². The summed E-state index contributed by atoms with van der Waals surface area (Å²) in [5.74, 6) is 0.233. The minimum Gasteiger partial charge on any atom is -0.344 e. The Bertz CT molecular complexity index is 898. The smallest absolute Gasteiger partial charge is 0.130 e. The highest BCUT2D eigenvalue weighted by molar-refractivity contribution is 5.90. The van der Waals surface area contributed by atoms with Crippen molar-refractivity contribution < 1.29 is 4.79 Å². The number of fused-ring (bicyclic) bond motifs is 1. The molecule has 0 unspecified atom stereocenters. The minimum atomic E-state index is 0.233. The van der Waals surface area contributed by atoms with Crippen LogP contribution in [0.25, 0.3) is 23.1 Å². The van der Waals surface area contributed by atoms with Crippen molar-refractivity contribution in [1.29, 1.82) is 0 Å². The van der Waals surface area contributed by atoms with Crippen LogP contribution in [0, 0.1) is 6.92 Å². The van der Waals surface area contributed by atoms with Crippen molar-refractivity contribution in [2.75, 3.05) is 0 Å². The van der Waals surface area contributed by atoms with Gasteiger partial charge >= 0.3 is 0 Å². The molecule has 0 saturated carbocycles. The second kappa shape index (κ2) is 6.88. The van der Waals surface area contributed by atoms with Crippen LogP contribution < -0.4 is 0 Å². The molecule has 0 aliphatic rings. The lowest BCUT2D eigenvalue weighted by Gasteiger charge is -2.03. The molecule has 0 aliphatic heterocycles. The fourth-order valence-electron chi connectivity index (χ4n) is 3.12. The van der Waals surface area contributed by atoms with E-state index < -0.39 is 0 Å². The van der Waals surface area contributed by atoms with E-state index in [0.29, 0.717) is 6.42 Å². The van der Waals surface area contributed by atoms with Gasteiger partial charge in [0.25, 0.3) is 0 Å². The largest absolute Gasteiger partial charge is 0.344 e. The van der Waals surface area contributed by atoms with Gasteiger partial charge in [0.05, 0.1) is 0 Å². The van der Waals surface area contributed by atoms with Crippen LogP contribution in [0.5, 0.6) is 0 Å². The number of ketones is 1. The van der Waals surface area contributed by atoms with Gasteiger partial charge in [0.2, 0.25) is 0 Å². The predicted molar refractivity (Wildman–Crippen MR) is 102 cm³/mol. The molecule has 0 radical (unpaired) electrons. The number of hydrogen-bond donors (Lipinski definition) is 0. The Morgan fingerprint density at radius 3 is 2.46 bits per heavy atom. The average molecular weight is 317 g/mol. The van der Waals surface area contributed by atoms with Gasteiger partial charge in [0.1, 0.15) is 5.78 Å². The molecule has 24 heavy (non-hydrogen) atoms. The molecule has 0 bridgehead atoms. The van der Waals surface area contributed by atoms with Crippen molar-refractivity contribution in [1.82, 2.24) is 4.57 Å². The van der Waals surface area contributed by atoms with Crippen molar-refractivity contribution in [3.8, 4) is 0 Å². The molecule has 1 aromatic heterocycles. The maximum absolute atomic E-state index is 11.5. The first-order chi connectivity index (χ1) is 11.6. The number of benzene rings is 2. The number of para-hydroxylation sites is 1. The first-order valence-corrected chi connectivity index (χ1v) is 8.37. The number of rotatable bonds is 5. The van der Waals surface area contributed by atoms with Crippen LogP contribution in [-0.4, -0.2) is 10.4 Å². The summed E-state index contributed by atoms with van der Waals surface area (Å²) in [4.78, 5) is 11.5. The molecule has 1 heterocycles. The van der Waals surface area contributed by atoms with Crippen molar-refractivity contribution >= 4 is 28.8 Å². The highest BCUT2D eigenvalue weighted by Gasteiger charge is 2.13. The normalized spacial score (nSPS) is 11.5. The average Bonchev–Trinajstić information content (AvgIpc) is 2.85. The second-order valence-electron chi connectivity index (χ2n) is 6.39. The van der Waals surface area contributed by atoms with Gasteiger partial charge in [0.15, 0.2) is 0 Å². The van der Waals surface area contributed by atoms with E-state index in [1.807, 2.05) is 0 Å². The molecule has 2 aromatic carbocycles. The number of aryl methyl sites for hydroxylation is 3. The van der Waals surface area contributed by atoms with Crippen LogP contribution in [0.3, 0.4) is 0 Å². The van der Waals surface area contributed by atoms with Gasteiger partial charge in [0, 0.05) is 30.1 Å². The van der Waals surface area contributed by atoms with E-state index in [4.69, 9.17) is 0 Å². The van der Waals surface area contributed by atoms with Gasteiger partial charge in [-0.15, -0.1) is 0 Å². The summed E-state index contributed by atoms with van der Waals surface area (Å²) in [6.45, 7) is 3.75. The lowest BCUT2D eigenvalue weighted by Crippen LogP contribution is -1.97. The number of nitrogens with zero attached hydrogens (tertiary/aromatic N) is 1. The summed E-state index contributed by atoms with van der Waals surface area (Å²) < 4.78 is 2.22. The molecule has 122 valence electrons. The number of carbonyl (C=O) groups excluding carboxylic acids is 1. The molecular formula is C22H23NO. The van der Waals surface area contributed by atoms with E-state index in [-0.39, 0.29) is 5.78 Å². The fourth-order valence-corrected chi connectivity index (χ4v) is 3.12. The first-order valence-electron chi connectivity index (χ1n) is 8.37. The fraction of sp³-hybridized carbons (Fsp3) is 0.227. The van der Waals surface area contributed by atoms with Crippen LogP contribution in [0.1, 0.15) is 35.7 Å². The molecule has 3 aromatic rings. The number of hydrogen-bond acceptors (Lipinski definition) is 1. The Balaban J connectivity index is 2.04. The summed E-state index contributed by atoms with van der Waals surface area (Å²) in [6.07, 6.45) is 5.68. The third-order valence-corrected chi connectivity index (χ3v) is 4.50. The van der Waals surface area contributed by atoms with Gasteiger partial charge in [-0.3, -0.25) is 0 Å². The van der Waals surface area contributed by atoms with Crippen LogP contribution in [0.15, 0.2) is 48.5 Å². The van der Waals surface area contributed by atoms with E-state index in [1.165, 1.54) is 33.3 Å². The van der Waals surface area contributed by atoms with Crippen LogP contribution in [-0.2, 0) is 18.3 Å². The predicted octanol–water partition coefficient (Wildman–Crippen LogP) is 5.18. The molecule has 2 heteroatoms. The topological polar surface area (TPSA) is 22.0 Å². The number of aromatic nitrogens is 1. The summed E-state index contributed by atoms with van der Waals surface area (Å²) in [5.41, 5.74) is 6.09. The Kier molecular flexibility index (Phi) is 4.66. The van der Waals surface area contributed by atoms with E-state index in [2.05, 4.69) is 79.2 Å². The summed E-state index contributed by atoms with van der Waals surface area (Å²) in [7, 11) is 2.09. The monoisotopic (exact) mass is 317 g/mol. The molecule has 0 aliphatic carbocycles. The molecular weight excluding hydrogens is 294 g/mol. The zero-order valence-corrected chi connectivity index (χ0v) is 14.5. The third kappa shape index (κ3) is 3.33. The first kappa shape index (κ1) is 16.3. The van der Waals surface area contributed by atoms with E-state index in [0.717, 1.165) is 6.42 Å². The SMILES string of the molecule is CC(=O)CCc1c(/C=C/c2ccc(C)cc2)n(C)c2ccccc12. The Labute approximate surface area is 143 Å². The van der Waals surface area contributed by atoms with E-state index in [9.17, 15) is 4.79 Å². The molecule has 0 saturated heterocycles. The Morgan fingerprint density at radius 1 is 1.04 bits per heavy atom. The molecule has 0 spiro atoms. The van der Waals surface area contributed by atoms with Gasteiger partial charge < -0.3 is 9.36 Å². The van der Waals surface area contributed by atoms with Crippen LogP contribution in [0.4, 0.5) is 0 Å². The second-order valence-corrected chi connectivity index (χ2v) is 6.39. The lowest BCUT2D eigenvalue weighted by atomic mass is 10.0. The van der Waals surface area contributed by atoms with Crippen molar-refractivity contribution in [2.45, 2.75) is 26.7 Å². The lowest BCUT2D eigenvalue weighted by molar-refractivity contribution is -0.116. The summed E-state index contributed by atoms with van der Waals surface area (Å²) >= 11 is 0. The van der Waals surface area contributed by atoms with Crippen LogP contribution >= 0.6 is 0 Å². The standard InChI is InChI=1S/C22H23NO/c1-16-8-11-18(12-9-16)13-15-22-20(14-10-17(2)24)19-6-4-5-7-21(19)23(22)3/h4-9,11-13,15H,10,14H2,1-3H3/b15-13+. The van der Waals surface area contributed by atoms with Gasteiger partial charge in [-0.1, -0.05) is 54.1 Å². The molecule has 0 atom stereocenters. The maximum atomic E-state index is 11.5. The van der Waals surface area contributed by atoms with Crippen molar-refractivity contribution in [3.05, 3.63) is 70.9 Å². The summed E-state index contributed by atoms with van der Waals surface area (Å²) in [6, 6.07) is 16.9.